The van der Waals surface area contributed by atoms with E-state index < -0.39 is 10.0 Å². The molecule has 2 heterocycles. The van der Waals surface area contributed by atoms with Crippen LogP contribution in [0, 0.1) is 5.92 Å². The molecule has 1 saturated heterocycles. The van der Waals surface area contributed by atoms with Gasteiger partial charge in [0.1, 0.15) is 10.0 Å². The van der Waals surface area contributed by atoms with Crippen molar-refractivity contribution in [1.29, 1.82) is 0 Å². The second-order valence-electron chi connectivity index (χ2n) is 5.33. The molecule has 1 unspecified atom stereocenters. The molecule has 0 N–H and O–H groups in total. The first-order chi connectivity index (χ1) is 9.59. The molecule has 1 aromatic rings. The maximum atomic E-state index is 12.8. The summed E-state index contributed by atoms with van der Waals surface area (Å²) in [5, 5.41) is 0.0424. The smallest absolute Gasteiger partial charge is 0.246 e. The van der Waals surface area contributed by atoms with Gasteiger partial charge in [-0.05, 0) is 37.3 Å². The minimum atomic E-state index is -3.57. The Balaban J connectivity index is 1.87. The molecule has 1 aliphatic heterocycles. The highest BCUT2D eigenvalue weighted by Gasteiger charge is 2.40. The Kier molecular flexibility index (Phi) is 3.99. The molecule has 1 aromatic heterocycles. The molecular weight excluding hydrogens is 300 g/mol. The van der Waals surface area contributed by atoms with Crippen LogP contribution in [0.3, 0.4) is 0 Å². The summed E-state index contributed by atoms with van der Waals surface area (Å²) in [6, 6.07) is 3.23. The van der Waals surface area contributed by atoms with Crippen LogP contribution in [0.1, 0.15) is 19.3 Å². The van der Waals surface area contributed by atoms with Crippen LogP contribution in [-0.2, 0) is 14.8 Å². The van der Waals surface area contributed by atoms with Gasteiger partial charge in [0, 0.05) is 25.4 Å². The fourth-order valence-corrected chi connectivity index (χ4v) is 4.67. The summed E-state index contributed by atoms with van der Waals surface area (Å²) in [4.78, 5) is 3.98. The van der Waals surface area contributed by atoms with Crippen LogP contribution >= 0.6 is 11.6 Å². The number of sulfonamides is 1. The van der Waals surface area contributed by atoms with E-state index >= 15 is 0 Å². The highest BCUT2D eigenvalue weighted by molar-refractivity contribution is 7.89. The van der Waals surface area contributed by atoms with Crippen LogP contribution in [-0.4, -0.2) is 43.5 Å². The summed E-state index contributed by atoms with van der Waals surface area (Å²) in [5.74, 6) is 0.279. The van der Waals surface area contributed by atoms with Gasteiger partial charge in [0.25, 0.3) is 0 Å². The molecule has 0 amide bonds. The summed E-state index contributed by atoms with van der Waals surface area (Å²) in [7, 11) is -3.57. The second-order valence-corrected chi connectivity index (χ2v) is 7.54. The second kappa shape index (κ2) is 5.60. The molecule has 3 rings (SSSR count). The lowest BCUT2D eigenvalue weighted by molar-refractivity contribution is 0.180. The van der Waals surface area contributed by atoms with Gasteiger partial charge < -0.3 is 4.74 Å². The van der Waals surface area contributed by atoms with E-state index in [1.54, 1.807) is 10.4 Å². The fraction of sp³-hybridized carbons (Fsp3) is 0.615. The molecule has 0 spiro atoms. The summed E-state index contributed by atoms with van der Waals surface area (Å²) in [5.41, 5.74) is 0. The number of hydrogen-bond donors (Lipinski definition) is 0. The average Bonchev–Trinajstić information content (AvgIpc) is 3.12. The van der Waals surface area contributed by atoms with Gasteiger partial charge in [0.05, 0.1) is 6.61 Å². The standard InChI is InChI=1S/C13H17ClN2O3S/c14-13-12(2-1-6-15-13)20(17,18)16(11-3-4-11)8-10-5-7-19-9-10/h1-2,6,10-11H,3-5,7-9H2. The summed E-state index contributed by atoms with van der Waals surface area (Å²) in [6.07, 6.45) is 4.25. The Labute approximate surface area is 123 Å². The molecule has 1 aliphatic carbocycles. The predicted octanol–water partition coefficient (Wildman–Crippen LogP) is 1.92. The van der Waals surface area contributed by atoms with Crippen molar-refractivity contribution in [3.05, 3.63) is 23.5 Å². The fourth-order valence-electron chi connectivity index (χ4n) is 2.48. The summed E-state index contributed by atoms with van der Waals surface area (Å²) < 4.78 is 32.5. The van der Waals surface area contributed by atoms with Crippen molar-refractivity contribution < 1.29 is 13.2 Å². The first kappa shape index (κ1) is 14.3. The van der Waals surface area contributed by atoms with Crippen LogP contribution in [0.5, 0.6) is 0 Å². The van der Waals surface area contributed by atoms with Gasteiger partial charge in [-0.25, -0.2) is 13.4 Å². The topological polar surface area (TPSA) is 59.5 Å². The molecule has 5 nitrogen and oxygen atoms in total. The quantitative estimate of drug-likeness (QED) is 0.779. The SMILES string of the molecule is O=S(=O)(c1cccnc1Cl)N(CC1CCOC1)C1CC1. The number of ether oxygens (including phenoxy) is 1. The van der Waals surface area contributed by atoms with Crippen LogP contribution < -0.4 is 0 Å². The van der Waals surface area contributed by atoms with Crippen molar-refractivity contribution in [2.24, 2.45) is 5.92 Å². The monoisotopic (exact) mass is 316 g/mol. The van der Waals surface area contributed by atoms with Crippen LogP contribution in [0.2, 0.25) is 5.15 Å². The van der Waals surface area contributed by atoms with E-state index in [0.29, 0.717) is 13.2 Å². The molecule has 1 saturated carbocycles. The first-order valence-corrected chi connectivity index (χ1v) is 8.61. The first-order valence-electron chi connectivity index (χ1n) is 6.79. The van der Waals surface area contributed by atoms with Crippen LogP contribution in [0.25, 0.3) is 0 Å². The predicted molar refractivity (Wildman–Crippen MR) is 75.1 cm³/mol. The van der Waals surface area contributed by atoms with Crippen molar-refractivity contribution in [3.8, 4) is 0 Å². The van der Waals surface area contributed by atoms with Gasteiger partial charge in [0.2, 0.25) is 10.0 Å². The third-order valence-electron chi connectivity index (χ3n) is 3.73. The van der Waals surface area contributed by atoms with E-state index in [0.717, 1.165) is 25.9 Å². The molecule has 110 valence electrons. The Morgan fingerprint density at radius 3 is 2.80 bits per heavy atom. The molecule has 20 heavy (non-hydrogen) atoms. The van der Waals surface area contributed by atoms with E-state index in [1.807, 2.05) is 0 Å². The molecule has 0 radical (unpaired) electrons. The third-order valence-corrected chi connectivity index (χ3v) is 6.09. The van der Waals surface area contributed by atoms with E-state index in [4.69, 9.17) is 16.3 Å². The van der Waals surface area contributed by atoms with Crippen LogP contribution in [0.15, 0.2) is 23.2 Å². The number of pyridine rings is 1. The number of hydrogen-bond acceptors (Lipinski definition) is 4. The zero-order chi connectivity index (χ0) is 14.2. The van der Waals surface area contributed by atoms with Gasteiger partial charge >= 0.3 is 0 Å². The van der Waals surface area contributed by atoms with Gasteiger partial charge in [-0.3, -0.25) is 0 Å². The number of nitrogens with zero attached hydrogens (tertiary/aromatic N) is 2. The molecular formula is C13H17ClN2O3S. The van der Waals surface area contributed by atoms with E-state index in [2.05, 4.69) is 4.98 Å². The Hall–Kier alpha value is -0.690. The number of rotatable bonds is 5. The highest BCUT2D eigenvalue weighted by atomic mass is 35.5. The maximum Gasteiger partial charge on any atom is 0.246 e. The highest BCUT2D eigenvalue weighted by Crippen LogP contribution is 2.35. The minimum absolute atomic E-state index is 0.0424. The van der Waals surface area contributed by atoms with E-state index in [-0.39, 0.29) is 22.0 Å². The van der Waals surface area contributed by atoms with Crippen molar-refractivity contribution in [2.75, 3.05) is 19.8 Å². The van der Waals surface area contributed by atoms with Gasteiger partial charge in [-0.1, -0.05) is 11.6 Å². The average molecular weight is 317 g/mol. The minimum Gasteiger partial charge on any atom is -0.381 e. The Bertz CT molecular complexity index is 583. The summed E-state index contributed by atoms with van der Waals surface area (Å²) in [6.45, 7) is 1.87. The largest absolute Gasteiger partial charge is 0.381 e. The van der Waals surface area contributed by atoms with Gasteiger partial charge in [0.15, 0.2) is 0 Å². The molecule has 0 aromatic carbocycles. The molecule has 2 aliphatic rings. The normalized spacial score (nSPS) is 23.4. The lowest BCUT2D eigenvalue weighted by Crippen LogP contribution is -2.37. The zero-order valence-electron chi connectivity index (χ0n) is 11.0. The Morgan fingerprint density at radius 2 is 2.20 bits per heavy atom. The molecule has 0 bridgehead atoms. The maximum absolute atomic E-state index is 12.8. The molecule has 2 fully saturated rings. The summed E-state index contributed by atoms with van der Waals surface area (Å²) >= 11 is 5.95. The van der Waals surface area contributed by atoms with Gasteiger partial charge in [-0.15, -0.1) is 0 Å². The van der Waals surface area contributed by atoms with Crippen molar-refractivity contribution in [2.45, 2.75) is 30.2 Å². The zero-order valence-corrected chi connectivity index (χ0v) is 12.6. The van der Waals surface area contributed by atoms with Crippen molar-refractivity contribution in [1.82, 2.24) is 9.29 Å². The van der Waals surface area contributed by atoms with Crippen LogP contribution in [0.4, 0.5) is 0 Å². The van der Waals surface area contributed by atoms with Crippen molar-refractivity contribution >= 4 is 21.6 Å². The Morgan fingerprint density at radius 1 is 1.40 bits per heavy atom. The van der Waals surface area contributed by atoms with E-state index in [1.165, 1.54) is 12.3 Å². The van der Waals surface area contributed by atoms with Crippen molar-refractivity contribution in [3.63, 3.8) is 0 Å². The number of halogens is 1. The van der Waals surface area contributed by atoms with E-state index in [9.17, 15) is 8.42 Å². The number of aromatic nitrogens is 1. The van der Waals surface area contributed by atoms with Gasteiger partial charge in [-0.2, -0.15) is 4.31 Å². The lowest BCUT2D eigenvalue weighted by Gasteiger charge is -2.24. The molecule has 7 heteroatoms. The third kappa shape index (κ3) is 2.83. The molecule has 1 atom stereocenters. The lowest BCUT2D eigenvalue weighted by atomic mass is 10.1.